The predicted octanol–water partition coefficient (Wildman–Crippen LogP) is 3.39. The highest BCUT2D eigenvalue weighted by molar-refractivity contribution is 5.92. The summed E-state index contributed by atoms with van der Waals surface area (Å²) in [6.45, 7) is 9.70. The van der Waals surface area contributed by atoms with Crippen LogP contribution in [0, 0.1) is 34.6 Å². The lowest BCUT2D eigenvalue weighted by Gasteiger charge is -2.07. The van der Waals surface area contributed by atoms with Gasteiger partial charge in [0.1, 0.15) is 0 Å². The molecule has 1 N–H and O–H groups in total. The average Bonchev–Trinajstić information content (AvgIpc) is 2.82. The lowest BCUT2D eigenvalue weighted by atomic mass is 10.1. The van der Waals surface area contributed by atoms with Crippen LogP contribution in [0.2, 0.25) is 0 Å². The van der Waals surface area contributed by atoms with Gasteiger partial charge in [-0.3, -0.25) is 4.79 Å². The Balaban J connectivity index is 1.85. The molecule has 1 aromatic carbocycles. The molecular weight excluding hydrogens is 326 g/mol. The minimum absolute atomic E-state index is 0.0670. The number of anilines is 1. The van der Waals surface area contributed by atoms with Crippen molar-refractivity contribution in [1.82, 2.24) is 19.7 Å². The van der Waals surface area contributed by atoms with Crippen molar-refractivity contribution in [3.63, 3.8) is 0 Å². The second-order valence-electron chi connectivity index (χ2n) is 6.61. The first kappa shape index (κ1) is 17.8. The molecule has 3 aromatic rings. The monoisotopic (exact) mass is 349 g/mol. The third kappa shape index (κ3) is 3.79. The van der Waals surface area contributed by atoms with Gasteiger partial charge < -0.3 is 5.32 Å². The molecule has 0 atom stereocenters. The molecule has 0 radical (unpaired) electrons. The fourth-order valence-electron chi connectivity index (χ4n) is 3.02. The van der Waals surface area contributed by atoms with Crippen LogP contribution in [0.4, 0.5) is 5.69 Å². The molecule has 0 fully saturated rings. The quantitative estimate of drug-likeness (QED) is 0.784. The third-order valence-electron chi connectivity index (χ3n) is 4.24. The van der Waals surface area contributed by atoms with Gasteiger partial charge in [0, 0.05) is 28.3 Å². The Labute approximate surface area is 153 Å². The zero-order valence-corrected chi connectivity index (χ0v) is 15.8. The number of carbonyl (C=O) groups excluding carboxylic acids is 1. The van der Waals surface area contributed by atoms with Crippen LogP contribution in [0.3, 0.4) is 0 Å². The summed E-state index contributed by atoms with van der Waals surface area (Å²) in [7, 11) is 0. The molecule has 0 aliphatic rings. The van der Waals surface area contributed by atoms with E-state index in [1.165, 1.54) is 0 Å². The number of nitrogens with one attached hydrogen (secondary N) is 1. The molecule has 2 heterocycles. The SMILES string of the molecule is Cc1cccc(NC(=O)Cc2c(C)nn(-c3nc(C)cc(C)n3)c2C)c1. The Hall–Kier alpha value is -3.02. The van der Waals surface area contributed by atoms with Gasteiger partial charge in [0.05, 0.1) is 12.1 Å². The Morgan fingerprint density at radius 1 is 1.04 bits per heavy atom. The molecule has 0 unspecified atom stereocenters. The first-order valence-electron chi connectivity index (χ1n) is 8.58. The normalized spacial score (nSPS) is 10.8. The summed E-state index contributed by atoms with van der Waals surface area (Å²) in [4.78, 5) is 21.4. The van der Waals surface area contributed by atoms with Gasteiger partial charge in [-0.05, 0) is 58.4 Å². The number of hydrogen-bond donors (Lipinski definition) is 1. The number of hydrogen-bond acceptors (Lipinski definition) is 4. The Morgan fingerprint density at radius 3 is 2.38 bits per heavy atom. The molecule has 6 heteroatoms. The largest absolute Gasteiger partial charge is 0.326 e. The molecule has 2 aromatic heterocycles. The Kier molecular flexibility index (Phi) is 4.84. The maximum atomic E-state index is 12.5. The number of amides is 1. The average molecular weight is 349 g/mol. The summed E-state index contributed by atoms with van der Waals surface area (Å²) in [5.74, 6) is 0.469. The van der Waals surface area contributed by atoms with Gasteiger partial charge in [0.15, 0.2) is 0 Å². The highest BCUT2D eigenvalue weighted by Crippen LogP contribution is 2.18. The van der Waals surface area contributed by atoms with E-state index in [0.29, 0.717) is 5.95 Å². The van der Waals surface area contributed by atoms with Gasteiger partial charge in [-0.15, -0.1) is 0 Å². The van der Waals surface area contributed by atoms with Crippen LogP contribution in [-0.2, 0) is 11.2 Å². The lowest BCUT2D eigenvalue weighted by Crippen LogP contribution is -2.15. The Morgan fingerprint density at radius 2 is 1.73 bits per heavy atom. The number of benzene rings is 1. The van der Waals surface area contributed by atoms with Crippen molar-refractivity contribution in [2.45, 2.75) is 41.0 Å². The molecule has 0 bridgehead atoms. The van der Waals surface area contributed by atoms with Gasteiger partial charge in [-0.25, -0.2) is 14.6 Å². The van der Waals surface area contributed by atoms with E-state index in [9.17, 15) is 4.79 Å². The molecule has 0 spiro atoms. The minimum atomic E-state index is -0.0670. The standard InChI is InChI=1S/C20H23N5O/c1-12-7-6-8-17(9-12)23-19(26)11-18-15(4)24-25(16(18)5)20-21-13(2)10-14(3)22-20/h6-10H,11H2,1-5H3,(H,23,26). The molecule has 0 saturated carbocycles. The maximum Gasteiger partial charge on any atom is 0.251 e. The predicted molar refractivity (Wildman–Crippen MR) is 102 cm³/mol. The van der Waals surface area contributed by atoms with E-state index in [1.54, 1.807) is 4.68 Å². The zero-order valence-electron chi connectivity index (χ0n) is 15.8. The summed E-state index contributed by atoms with van der Waals surface area (Å²) < 4.78 is 1.71. The van der Waals surface area contributed by atoms with Gasteiger partial charge in [-0.2, -0.15) is 5.10 Å². The van der Waals surface area contributed by atoms with E-state index in [1.807, 2.05) is 65.0 Å². The first-order valence-corrected chi connectivity index (χ1v) is 8.58. The fourth-order valence-corrected chi connectivity index (χ4v) is 3.02. The fraction of sp³-hybridized carbons (Fsp3) is 0.300. The van der Waals surface area contributed by atoms with Crippen molar-refractivity contribution in [2.75, 3.05) is 5.32 Å². The molecule has 3 rings (SSSR count). The van der Waals surface area contributed by atoms with Crippen LogP contribution in [0.25, 0.3) is 5.95 Å². The van der Waals surface area contributed by atoms with Crippen molar-refractivity contribution in [1.29, 1.82) is 0 Å². The van der Waals surface area contributed by atoms with Crippen LogP contribution in [0.5, 0.6) is 0 Å². The highest BCUT2D eigenvalue weighted by Gasteiger charge is 2.17. The number of rotatable bonds is 4. The van der Waals surface area contributed by atoms with Crippen LogP contribution in [-0.4, -0.2) is 25.7 Å². The molecular formula is C20H23N5O. The van der Waals surface area contributed by atoms with E-state index in [4.69, 9.17) is 0 Å². The van der Waals surface area contributed by atoms with Crippen molar-refractivity contribution < 1.29 is 4.79 Å². The highest BCUT2D eigenvalue weighted by atomic mass is 16.1. The van der Waals surface area contributed by atoms with Gasteiger partial charge >= 0.3 is 0 Å². The van der Waals surface area contributed by atoms with Crippen LogP contribution < -0.4 is 5.32 Å². The summed E-state index contributed by atoms with van der Waals surface area (Å²) >= 11 is 0. The van der Waals surface area contributed by atoms with Gasteiger partial charge in [0.2, 0.25) is 5.91 Å². The van der Waals surface area contributed by atoms with Crippen molar-refractivity contribution in [3.8, 4) is 5.95 Å². The van der Waals surface area contributed by atoms with Crippen molar-refractivity contribution >= 4 is 11.6 Å². The van der Waals surface area contributed by atoms with E-state index in [2.05, 4.69) is 20.4 Å². The Bertz CT molecular complexity index is 954. The van der Waals surface area contributed by atoms with Crippen LogP contribution in [0.1, 0.15) is 33.9 Å². The third-order valence-corrected chi connectivity index (χ3v) is 4.24. The van der Waals surface area contributed by atoms with Crippen molar-refractivity contribution in [2.24, 2.45) is 0 Å². The summed E-state index contributed by atoms with van der Waals surface area (Å²) in [5.41, 5.74) is 6.28. The minimum Gasteiger partial charge on any atom is -0.326 e. The molecule has 6 nitrogen and oxygen atoms in total. The molecule has 134 valence electrons. The number of nitrogens with zero attached hydrogens (tertiary/aromatic N) is 4. The van der Waals surface area contributed by atoms with Crippen LogP contribution >= 0.6 is 0 Å². The number of aromatic nitrogens is 4. The number of aryl methyl sites for hydroxylation is 4. The first-order chi connectivity index (χ1) is 12.3. The molecule has 0 saturated heterocycles. The molecule has 0 aliphatic carbocycles. The molecule has 0 aliphatic heterocycles. The maximum absolute atomic E-state index is 12.5. The van der Waals surface area contributed by atoms with E-state index < -0.39 is 0 Å². The van der Waals surface area contributed by atoms with Gasteiger partial charge in [0.25, 0.3) is 5.95 Å². The van der Waals surface area contributed by atoms with E-state index >= 15 is 0 Å². The topological polar surface area (TPSA) is 72.7 Å². The lowest BCUT2D eigenvalue weighted by molar-refractivity contribution is -0.115. The summed E-state index contributed by atoms with van der Waals surface area (Å²) in [6.07, 6.45) is 0.260. The second kappa shape index (κ2) is 7.07. The smallest absolute Gasteiger partial charge is 0.251 e. The van der Waals surface area contributed by atoms with E-state index in [-0.39, 0.29) is 12.3 Å². The summed E-state index contributed by atoms with van der Waals surface area (Å²) in [6, 6.07) is 9.68. The van der Waals surface area contributed by atoms with Gasteiger partial charge in [-0.1, -0.05) is 12.1 Å². The molecule has 26 heavy (non-hydrogen) atoms. The van der Waals surface area contributed by atoms with Crippen LogP contribution in [0.15, 0.2) is 30.3 Å². The second-order valence-corrected chi connectivity index (χ2v) is 6.61. The number of carbonyl (C=O) groups is 1. The summed E-state index contributed by atoms with van der Waals surface area (Å²) in [5, 5.41) is 7.49. The zero-order chi connectivity index (χ0) is 18.8. The van der Waals surface area contributed by atoms with E-state index in [0.717, 1.165) is 39.6 Å². The molecule has 1 amide bonds. The van der Waals surface area contributed by atoms with Crippen molar-refractivity contribution in [3.05, 3.63) is 64.2 Å².